The van der Waals surface area contributed by atoms with Crippen LogP contribution in [0.4, 0.5) is 0 Å². The molecule has 0 spiro atoms. The van der Waals surface area contributed by atoms with Crippen molar-refractivity contribution in [1.82, 2.24) is 10.2 Å². The molecule has 1 unspecified atom stereocenters. The topological polar surface area (TPSA) is 73.2 Å². The van der Waals surface area contributed by atoms with E-state index in [-0.39, 0.29) is 18.4 Å². The van der Waals surface area contributed by atoms with Gasteiger partial charge in [-0.25, -0.2) is 0 Å². The lowest BCUT2D eigenvalue weighted by molar-refractivity contribution is 0.0586. The Morgan fingerprint density at radius 1 is 1.25 bits per heavy atom. The summed E-state index contributed by atoms with van der Waals surface area (Å²) in [7, 11) is 0. The molecule has 5 nitrogen and oxygen atoms in total. The molecule has 1 aromatic rings. The monoisotopic (exact) mass is 269 g/mol. The van der Waals surface area contributed by atoms with E-state index in [1.54, 1.807) is 24.3 Å². The molecule has 1 fully saturated rings. The van der Waals surface area contributed by atoms with Crippen molar-refractivity contribution in [3.63, 3.8) is 0 Å². The normalized spacial score (nSPS) is 25.4. The van der Waals surface area contributed by atoms with Gasteiger partial charge in [-0.05, 0) is 31.5 Å². The van der Waals surface area contributed by atoms with E-state index in [9.17, 15) is 14.9 Å². The first-order valence-electron chi connectivity index (χ1n) is 6.74. The third kappa shape index (κ3) is 1.89. The van der Waals surface area contributed by atoms with Crippen molar-refractivity contribution in [3.8, 4) is 6.07 Å². The molecule has 2 amide bonds. The maximum atomic E-state index is 12.3. The van der Waals surface area contributed by atoms with Gasteiger partial charge in [0.15, 0.2) is 0 Å². The molecule has 0 aromatic heterocycles. The molecule has 2 aliphatic heterocycles. The SMILES string of the molecule is N#CC1(CN2C(=O)c3ccccc3C2=O)CCCNC1. The van der Waals surface area contributed by atoms with Crippen LogP contribution in [0, 0.1) is 16.7 Å². The van der Waals surface area contributed by atoms with Crippen molar-refractivity contribution in [1.29, 1.82) is 5.26 Å². The Balaban J connectivity index is 1.88. The number of hydrogen-bond donors (Lipinski definition) is 1. The first-order chi connectivity index (χ1) is 9.67. The number of carbonyl (C=O) groups is 2. The Labute approximate surface area is 117 Å². The van der Waals surface area contributed by atoms with Gasteiger partial charge in [0.25, 0.3) is 11.8 Å². The van der Waals surface area contributed by atoms with E-state index in [0.29, 0.717) is 24.1 Å². The van der Waals surface area contributed by atoms with E-state index in [4.69, 9.17) is 0 Å². The fourth-order valence-electron chi connectivity index (χ4n) is 2.92. The Kier molecular flexibility index (Phi) is 3.03. The molecule has 0 saturated carbocycles. The van der Waals surface area contributed by atoms with E-state index in [0.717, 1.165) is 13.0 Å². The van der Waals surface area contributed by atoms with Crippen molar-refractivity contribution in [2.75, 3.05) is 19.6 Å². The first-order valence-corrected chi connectivity index (χ1v) is 6.74. The molecular weight excluding hydrogens is 254 g/mol. The summed E-state index contributed by atoms with van der Waals surface area (Å²) in [5, 5.41) is 12.6. The number of carbonyl (C=O) groups excluding carboxylic acids is 2. The number of piperidine rings is 1. The van der Waals surface area contributed by atoms with Gasteiger partial charge in [0, 0.05) is 13.1 Å². The zero-order valence-corrected chi connectivity index (χ0v) is 11.1. The van der Waals surface area contributed by atoms with E-state index >= 15 is 0 Å². The summed E-state index contributed by atoms with van der Waals surface area (Å²) in [6, 6.07) is 9.12. The molecule has 1 atom stereocenters. The number of benzene rings is 1. The van der Waals surface area contributed by atoms with E-state index in [1.165, 1.54) is 4.90 Å². The molecule has 3 rings (SSSR count). The Morgan fingerprint density at radius 2 is 1.90 bits per heavy atom. The van der Waals surface area contributed by atoms with E-state index in [1.807, 2.05) is 0 Å². The summed E-state index contributed by atoms with van der Waals surface area (Å²) in [6.45, 7) is 1.57. The Hall–Kier alpha value is -2.19. The van der Waals surface area contributed by atoms with Gasteiger partial charge in [-0.15, -0.1) is 0 Å². The molecule has 20 heavy (non-hydrogen) atoms. The fraction of sp³-hybridized carbons (Fsp3) is 0.400. The molecule has 102 valence electrons. The summed E-state index contributed by atoms with van der Waals surface area (Å²) in [5.41, 5.74) is 0.217. The standard InChI is InChI=1S/C15H15N3O2/c16-8-15(6-3-7-17-9-15)10-18-13(19)11-4-1-2-5-12(11)14(18)20/h1-2,4-5,17H,3,6-7,9-10H2. The van der Waals surface area contributed by atoms with Gasteiger partial charge in [0.1, 0.15) is 0 Å². The highest BCUT2D eigenvalue weighted by Gasteiger charge is 2.42. The van der Waals surface area contributed by atoms with Crippen LogP contribution in [0.15, 0.2) is 24.3 Å². The zero-order valence-electron chi connectivity index (χ0n) is 11.1. The molecule has 1 aromatic carbocycles. The lowest BCUT2D eigenvalue weighted by Gasteiger charge is -2.33. The van der Waals surface area contributed by atoms with Crippen molar-refractivity contribution in [3.05, 3.63) is 35.4 Å². The van der Waals surface area contributed by atoms with Gasteiger partial charge < -0.3 is 5.32 Å². The average molecular weight is 269 g/mol. The maximum absolute atomic E-state index is 12.3. The van der Waals surface area contributed by atoms with Gasteiger partial charge >= 0.3 is 0 Å². The smallest absolute Gasteiger partial charge is 0.261 e. The lowest BCUT2D eigenvalue weighted by atomic mass is 9.81. The largest absolute Gasteiger partial charge is 0.315 e. The van der Waals surface area contributed by atoms with Crippen LogP contribution in [0.3, 0.4) is 0 Å². The minimum atomic E-state index is -0.661. The first kappa shape index (κ1) is 12.8. The molecule has 2 aliphatic rings. The summed E-state index contributed by atoms with van der Waals surface area (Å²) in [6.07, 6.45) is 1.60. The molecule has 1 N–H and O–H groups in total. The number of rotatable bonds is 2. The number of imide groups is 1. The van der Waals surface area contributed by atoms with Gasteiger partial charge in [-0.1, -0.05) is 12.1 Å². The molecule has 5 heteroatoms. The summed E-state index contributed by atoms with van der Waals surface area (Å²) < 4.78 is 0. The molecule has 0 radical (unpaired) electrons. The fourth-order valence-corrected chi connectivity index (χ4v) is 2.92. The van der Waals surface area contributed by atoms with Gasteiger partial charge in [0.2, 0.25) is 0 Å². The Bertz CT molecular complexity index is 577. The van der Waals surface area contributed by atoms with Crippen LogP contribution in [0.2, 0.25) is 0 Å². The maximum Gasteiger partial charge on any atom is 0.261 e. The summed E-state index contributed by atoms with van der Waals surface area (Å²) >= 11 is 0. The quantitative estimate of drug-likeness (QED) is 0.818. The average Bonchev–Trinajstić information content (AvgIpc) is 2.74. The number of nitriles is 1. The van der Waals surface area contributed by atoms with Crippen LogP contribution in [0.5, 0.6) is 0 Å². The van der Waals surface area contributed by atoms with Crippen LogP contribution in [0.1, 0.15) is 33.6 Å². The lowest BCUT2D eigenvalue weighted by Crippen LogP contribution is -2.48. The zero-order chi connectivity index (χ0) is 14.2. The minimum absolute atomic E-state index is 0.169. The minimum Gasteiger partial charge on any atom is -0.315 e. The number of nitrogens with zero attached hydrogens (tertiary/aromatic N) is 2. The van der Waals surface area contributed by atoms with Crippen LogP contribution in [0.25, 0.3) is 0 Å². The molecular formula is C15H15N3O2. The second-order valence-corrected chi connectivity index (χ2v) is 5.41. The third-order valence-corrected chi connectivity index (χ3v) is 4.05. The number of fused-ring (bicyclic) bond motifs is 1. The predicted octanol–water partition coefficient (Wildman–Crippen LogP) is 1.18. The van der Waals surface area contributed by atoms with E-state index < -0.39 is 5.41 Å². The Morgan fingerprint density at radius 3 is 2.40 bits per heavy atom. The van der Waals surface area contributed by atoms with Crippen molar-refractivity contribution in [2.24, 2.45) is 5.41 Å². The van der Waals surface area contributed by atoms with E-state index in [2.05, 4.69) is 11.4 Å². The number of hydrogen-bond acceptors (Lipinski definition) is 4. The predicted molar refractivity (Wildman–Crippen MR) is 72.0 cm³/mol. The van der Waals surface area contributed by atoms with Crippen molar-refractivity contribution < 1.29 is 9.59 Å². The number of nitrogens with one attached hydrogen (secondary N) is 1. The summed E-state index contributed by atoms with van der Waals surface area (Å²) in [4.78, 5) is 25.9. The van der Waals surface area contributed by atoms with Crippen LogP contribution < -0.4 is 5.32 Å². The van der Waals surface area contributed by atoms with Crippen molar-refractivity contribution >= 4 is 11.8 Å². The second-order valence-electron chi connectivity index (χ2n) is 5.41. The van der Waals surface area contributed by atoms with Gasteiger partial charge in [-0.3, -0.25) is 14.5 Å². The van der Waals surface area contributed by atoms with Crippen LogP contribution >= 0.6 is 0 Å². The highest BCUT2D eigenvalue weighted by molar-refractivity contribution is 6.21. The molecule has 0 aliphatic carbocycles. The number of amides is 2. The molecule has 1 saturated heterocycles. The second kappa shape index (κ2) is 4.73. The highest BCUT2D eigenvalue weighted by Crippen LogP contribution is 2.31. The van der Waals surface area contributed by atoms with Crippen LogP contribution in [-0.4, -0.2) is 36.3 Å². The van der Waals surface area contributed by atoms with Crippen LogP contribution in [-0.2, 0) is 0 Å². The molecule has 0 bridgehead atoms. The van der Waals surface area contributed by atoms with Crippen molar-refractivity contribution in [2.45, 2.75) is 12.8 Å². The van der Waals surface area contributed by atoms with Gasteiger partial charge in [-0.2, -0.15) is 5.26 Å². The third-order valence-electron chi connectivity index (χ3n) is 4.05. The van der Waals surface area contributed by atoms with Gasteiger partial charge in [0.05, 0.1) is 22.6 Å². The highest BCUT2D eigenvalue weighted by atomic mass is 16.2. The molecule has 2 heterocycles. The summed E-state index contributed by atoms with van der Waals surface area (Å²) in [5.74, 6) is -0.573.